The summed E-state index contributed by atoms with van der Waals surface area (Å²) in [6.45, 7) is 10.5. The van der Waals surface area contributed by atoms with Crippen LogP contribution in [0, 0.1) is 6.92 Å². The second-order valence-corrected chi connectivity index (χ2v) is 6.12. The predicted octanol–water partition coefficient (Wildman–Crippen LogP) is 2.43. The molecular weight excluding hydrogens is 260 g/mol. The fraction of sp³-hybridized carbons (Fsp3) is 0.643. The summed E-state index contributed by atoms with van der Waals surface area (Å²) in [5, 5.41) is 12.8. The van der Waals surface area contributed by atoms with Gasteiger partial charge >= 0.3 is 5.97 Å². The molecule has 6 nitrogen and oxygen atoms in total. The first-order valence-electron chi connectivity index (χ1n) is 6.55. The average molecular weight is 282 g/mol. The molecule has 0 atom stereocenters. The lowest BCUT2D eigenvalue weighted by molar-refractivity contribution is -0.138. The lowest BCUT2D eigenvalue weighted by Gasteiger charge is -2.34. The second kappa shape index (κ2) is 5.64. The number of hydrogen-bond donors (Lipinski definition) is 1. The second-order valence-electron chi connectivity index (χ2n) is 6.12. The summed E-state index contributed by atoms with van der Waals surface area (Å²) in [6.07, 6.45) is 0. The van der Waals surface area contributed by atoms with Crippen molar-refractivity contribution in [3.05, 3.63) is 17.0 Å². The summed E-state index contributed by atoms with van der Waals surface area (Å²) in [5.41, 5.74) is 0.252. The van der Waals surface area contributed by atoms with Crippen LogP contribution in [0.4, 0.5) is 0 Å². The van der Waals surface area contributed by atoms with E-state index in [1.165, 1.54) is 4.90 Å². The molecule has 0 radical (unpaired) electrons. The predicted molar refractivity (Wildman–Crippen MR) is 73.8 cm³/mol. The van der Waals surface area contributed by atoms with Crippen LogP contribution in [0.5, 0.6) is 0 Å². The quantitative estimate of drug-likeness (QED) is 0.917. The van der Waals surface area contributed by atoms with Gasteiger partial charge in [-0.05, 0) is 27.7 Å². The molecule has 20 heavy (non-hydrogen) atoms. The number of carboxylic acid groups (broad SMARTS) is 1. The SMILES string of the molecule is Cc1noc(C(C)C)c1C(=O)N(CC(=O)O)C(C)(C)C. The Labute approximate surface area is 118 Å². The number of aryl methyl sites for hydroxylation is 1. The third-order valence-electron chi connectivity index (χ3n) is 2.98. The Morgan fingerprint density at radius 3 is 2.30 bits per heavy atom. The number of carboxylic acids is 1. The molecule has 0 unspecified atom stereocenters. The standard InChI is InChI=1S/C14H22N2O4/c1-8(2)12-11(9(3)15-20-12)13(19)16(7-10(17)18)14(4,5)6/h8H,7H2,1-6H3,(H,17,18). The van der Waals surface area contributed by atoms with E-state index < -0.39 is 11.5 Å². The Bertz CT molecular complexity index is 512. The summed E-state index contributed by atoms with van der Waals surface area (Å²) < 4.78 is 5.20. The normalized spacial score (nSPS) is 11.8. The van der Waals surface area contributed by atoms with Gasteiger partial charge in [0.2, 0.25) is 0 Å². The molecule has 112 valence electrons. The van der Waals surface area contributed by atoms with E-state index in [1.807, 2.05) is 13.8 Å². The molecule has 0 bridgehead atoms. The van der Waals surface area contributed by atoms with Crippen molar-refractivity contribution in [2.24, 2.45) is 0 Å². The van der Waals surface area contributed by atoms with Crippen LogP contribution in [0.3, 0.4) is 0 Å². The van der Waals surface area contributed by atoms with Crippen LogP contribution in [0.15, 0.2) is 4.52 Å². The van der Waals surface area contributed by atoms with Crippen LogP contribution >= 0.6 is 0 Å². The van der Waals surface area contributed by atoms with E-state index in [9.17, 15) is 9.59 Å². The molecule has 1 heterocycles. The number of rotatable bonds is 4. The summed E-state index contributed by atoms with van der Waals surface area (Å²) in [6, 6.07) is 0. The molecule has 1 rings (SSSR count). The monoisotopic (exact) mass is 282 g/mol. The van der Waals surface area contributed by atoms with Crippen molar-refractivity contribution in [1.29, 1.82) is 0 Å². The summed E-state index contributed by atoms with van der Waals surface area (Å²) in [4.78, 5) is 25.0. The Hall–Kier alpha value is -1.85. The highest BCUT2D eigenvalue weighted by Gasteiger charge is 2.33. The van der Waals surface area contributed by atoms with Gasteiger partial charge in [-0.1, -0.05) is 19.0 Å². The Morgan fingerprint density at radius 1 is 1.35 bits per heavy atom. The van der Waals surface area contributed by atoms with Crippen molar-refractivity contribution in [2.45, 2.75) is 53.0 Å². The van der Waals surface area contributed by atoms with E-state index in [2.05, 4.69) is 5.16 Å². The van der Waals surface area contributed by atoms with Gasteiger partial charge in [-0.15, -0.1) is 0 Å². The molecule has 0 aliphatic heterocycles. The first kappa shape index (κ1) is 16.2. The van der Waals surface area contributed by atoms with Crippen LogP contribution in [0.25, 0.3) is 0 Å². The number of aromatic nitrogens is 1. The summed E-state index contributed by atoms with van der Waals surface area (Å²) in [7, 11) is 0. The highest BCUT2D eigenvalue weighted by molar-refractivity contribution is 5.98. The molecular formula is C14H22N2O4. The highest BCUT2D eigenvalue weighted by atomic mass is 16.5. The van der Waals surface area contributed by atoms with Crippen molar-refractivity contribution < 1.29 is 19.2 Å². The topological polar surface area (TPSA) is 83.6 Å². The zero-order chi connectivity index (χ0) is 15.7. The van der Waals surface area contributed by atoms with Gasteiger partial charge in [0.05, 0.1) is 5.69 Å². The Balaban J connectivity index is 3.26. The number of carbonyl (C=O) groups is 2. The van der Waals surface area contributed by atoms with Gasteiger partial charge in [-0.2, -0.15) is 0 Å². The minimum atomic E-state index is -1.05. The third-order valence-corrected chi connectivity index (χ3v) is 2.98. The molecule has 0 fully saturated rings. The van der Waals surface area contributed by atoms with Gasteiger partial charge in [-0.25, -0.2) is 0 Å². The van der Waals surface area contributed by atoms with E-state index in [0.717, 1.165) is 0 Å². The van der Waals surface area contributed by atoms with Crippen molar-refractivity contribution in [2.75, 3.05) is 6.54 Å². The Kier molecular flexibility index (Phi) is 4.57. The first-order valence-corrected chi connectivity index (χ1v) is 6.55. The third kappa shape index (κ3) is 3.37. The number of amides is 1. The van der Waals surface area contributed by atoms with Gasteiger partial charge in [0, 0.05) is 11.5 Å². The largest absolute Gasteiger partial charge is 0.480 e. The number of hydrogen-bond acceptors (Lipinski definition) is 4. The lowest BCUT2D eigenvalue weighted by Crippen LogP contribution is -2.48. The van der Waals surface area contributed by atoms with Crippen LogP contribution < -0.4 is 0 Å². The number of aliphatic carboxylic acids is 1. The van der Waals surface area contributed by atoms with Gasteiger partial charge in [0.1, 0.15) is 12.1 Å². The zero-order valence-corrected chi connectivity index (χ0v) is 12.9. The maximum atomic E-state index is 12.7. The van der Waals surface area contributed by atoms with Gasteiger partial charge in [-0.3, -0.25) is 9.59 Å². The van der Waals surface area contributed by atoms with E-state index in [1.54, 1.807) is 27.7 Å². The molecule has 0 aromatic carbocycles. The van der Waals surface area contributed by atoms with Crippen molar-refractivity contribution >= 4 is 11.9 Å². The zero-order valence-electron chi connectivity index (χ0n) is 12.9. The van der Waals surface area contributed by atoms with E-state index >= 15 is 0 Å². The molecule has 6 heteroatoms. The summed E-state index contributed by atoms with van der Waals surface area (Å²) in [5.74, 6) is -0.912. The summed E-state index contributed by atoms with van der Waals surface area (Å²) >= 11 is 0. The maximum absolute atomic E-state index is 12.7. The minimum absolute atomic E-state index is 0.00166. The highest BCUT2D eigenvalue weighted by Crippen LogP contribution is 2.26. The molecule has 0 spiro atoms. The molecule has 0 saturated carbocycles. The van der Waals surface area contributed by atoms with Gasteiger partial charge in [0.15, 0.2) is 5.76 Å². The number of nitrogens with zero attached hydrogens (tertiary/aromatic N) is 2. The van der Waals surface area contributed by atoms with E-state index in [-0.39, 0.29) is 18.4 Å². The first-order chi connectivity index (χ1) is 9.05. The fourth-order valence-electron chi connectivity index (χ4n) is 1.93. The van der Waals surface area contributed by atoms with Crippen LogP contribution in [-0.2, 0) is 4.79 Å². The molecule has 1 N–H and O–H groups in total. The molecule has 0 aliphatic rings. The van der Waals surface area contributed by atoms with E-state index in [0.29, 0.717) is 17.0 Å². The van der Waals surface area contributed by atoms with Crippen LogP contribution in [0.2, 0.25) is 0 Å². The van der Waals surface area contributed by atoms with Crippen molar-refractivity contribution in [3.63, 3.8) is 0 Å². The lowest BCUT2D eigenvalue weighted by atomic mass is 10.00. The molecule has 1 aromatic heterocycles. The molecule has 1 aromatic rings. The molecule has 0 aliphatic carbocycles. The fourth-order valence-corrected chi connectivity index (χ4v) is 1.93. The van der Waals surface area contributed by atoms with Crippen molar-refractivity contribution in [1.82, 2.24) is 10.1 Å². The van der Waals surface area contributed by atoms with Gasteiger partial charge < -0.3 is 14.5 Å². The number of carbonyl (C=O) groups excluding carboxylic acids is 1. The average Bonchev–Trinajstić information content (AvgIpc) is 2.65. The molecule has 0 saturated heterocycles. The van der Waals surface area contributed by atoms with Crippen molar-refractivity contribution in [3.8, 4) is 0 Å². The minimum Gasteiger partial charge on any atom is -0.480 e. The van der Waals surface area contributed by atoms with Crippen LogP contribution in [0.1, 0.15) is 62.3 Å². The maximum Gasteiger partial charge on any atom is 0.323 e. The molecule has 1 amide bonds. The van der Waals surface area contributed by atoms with E-state index in [4.69, 9.17) is 9.63 Å². The van der Waals surface area contributed by atoms with Crippen LogP contribution in [-0.4, -0.2) is 39.1 Å². The Morgan fingerprint density at radius 2 is 1.90 bits per heavy atom. The smallest absolute Gasteiger partial charge is 0.323 e. The van der Waals surface area contributed by atoms with Gasteiger partial charge in [0.25, 0.3) is 5.91 Å².